The van der Waals surface area contributed by atoms with Crippen molar-refractivity contribution in [2.75, 3.05) is 5.32 Å². The zero-order chi connectivity index (χ0) is 18.7. The fourth-order valence-corrected chi connectivity index (χ4v) is 2.52. The first kappa shape index (κ1) is 17.6. The van der Waals surface area contributed by atoms with E-state index in [4.69, 9.17) is 16.9 Å². The van der Waals surface area contributed by atoms with Gasteiger partial charge in [-0.05, 0) is 30.3 Å². The van der Waals surface area contributed by atoms with Crippen LogP contribution in [0.15, 0.2) is 60.9 Å². The summed E-state index contributed by atoms with van der Waals surface area (Å²) in [5, 5.41) is 14.8. The highest BCUT2D eigenvalue weighted by molar-refractivity contribution is 6.31. The summed E-state index contributed by atoms with van der Waals surface area (Å²) in [7, 11) is 0. The molecule has 26 heavy (non-hydrogen) atoms. The second-order valence-electron chi connectivity index (χ2n) is 5.34. The number of nitrogens with one attached hydrogen (secondary N) is 1. The minimum Gasteiger partial charge on any atom is -0.321 e. The number of benzene rings is 2. The van der Waals surface area contributed by atoms with Crippen LogP contribution >= 0.6 is 11.6 Å². The summed E-state index contributed by atoms with van der Waals surface area (Å²) in [6, 6.07) is 13.3. The first-order valence-corrected chi connectivity index (χ1v) is 7.79. The predicted molar refractivity (Wildman–Crippen MR) is 92.3 cm³/mol. The van der Waals surface area contributed by atoms with Gasteiger partial charge in [-0.2, -0.15) is 19.1 Å². The zero-order valence-electron chi connectivity index (χ0n) is 13.2. The minimum absolute atomic E-state index is 0.185. The molecule has 1 amide bonds. The molecule has 0 unspecified atom stereocenters. The van der Waals surface area contributed by atoms with Gasteiger partial charge in [0.15, 0.2) is 0 Å². The molecule has 0 aliphatic heterocycles. The summed E-state index contributed by atoms with van der Waals surface area (Å²) >= 11 is 5.77. The maximum atomic E-state index is 14.3. The number of carbonyl (C=O) groups excluding carboxylic acids is 1. The van der Waals surface area contributed by atoms with Crippen LogP contribution < -0.4 is 5.32 Å². The van der Waals surface area contributed by atoms with Crippen molar-refractivity contribution in [2.24, 2.45) is 0 Å². The molecule has 1 aromatic heterocycles. The van der Waals surface area contributed by atoms with Gasteiger partial charge in [0.2, 0.25) is 0 Å². The van der Waals surface area contributed by atoms with Crippen molar-refractivity contribution < 1.29 is 13.6 Å². The molecule has 0 atom stereocenters. The van der Waals surface area contributed by atoms with E-state index in [2.05, 4.69) is 10.4 Å². The summed E-state index contributed by atoms with van der Waals surface area (Å²) in [6.07, 6.45) is 2.93. The number of aromatic nitrogens is 2. The SMILES string of the molecule is N#Cc1cnn(-c2ccc(NC(=O)C(F)(F)c3ccccc3Cl)cc2)c1. The second kappa shape index (κ2) is 6.94. The van der Waals surface area contributed by atoms with Gasteiger partial charge in [-0.15, -0.1) is 0 Å². The van der Waals surface area contributed by atoms with E-state index in [1.807, 2.05) is 6.07 Å². The second-order valence-corrected chi connectivity index (χ2v) is 5.75. The molecular weight excluding hydrogens is 362 g/mol. The summed E-state index contributed by atoms with van der Waals surface area (Å²) in [4.78, 5) is 12.0. The Hall–Kier alpha value is -3.24. The van der Waals surface area contributed by atoms with Crippen molar-refractivity contribution in [2.45, 2.75) is 5.92 Å². The smallest absolute Gasteiger partial charge is 0.321 e. The third kappa shape index (κ3) is 3.41. The van der Waals surface area contributed by atoms with E-state index < -0.39 is 17.4 Å². The van der Waals surface area contributed by atoms with Gasteiger partial charge >= 0.3 is 5.92 Å². The third-order valence-corrected chi connectivity index (χ3v) is 3.93. The number of carbonyl (C=O) groups is 1. The van der Waals surface area contributed by atoms with E-state index >= 15 is 0 Å². The summed E-state index contributed by atoms with van der Waals surface area (Å²) in [6.45, 7) is 0. The average Bonchev–Trinajstić information content (AvgIpc) is 3.11. The van der Waals surface area contributed by atoms with E-state index in [9.17, 15) is 13.6 Å². The minimum atomic E-state index is -3.78. The molecule has 0 saturated carbocycles. The molecule has 1 N–H and O–H groups in total. The van der Waals surface area contributed by atoms with Gasteiger partial charge in [0, 0.05) is 17.4 Å². The molecular formula is C18H11ClF2N4O. The Kier molecular flexibility index (Phi) is 4.69. The number of alkyl halides is 2. The number of hydrogen-bond acceptors (Lipinski definition) is 3. The largest absolute Gasteiger partial charge is 0.351 e. The molecule has 5 nitrogen and oxygen atoms in total. The Bertz CT molecular complexity index is 993. The Morgan fingerprint density at radius 2 is 1.88 bits per heavy atom. The molecule has 8 heteroatoms. The molecule has 0 aliphatic carbocycles. The number of nitriles is 1. The monoisotopic (exact) mass is 372 g/mol. The first-order chi connectivity index (χ1) is 12.4. The Morgan fingerprint density at radius 1 is 1.19 bits per heavy atom. The topological polar surface area (TPSA) is 70.7 Å². The molecule has 0 saturated heterocycles. The standard InChI is InChI=1S/C18H11ClF2N4O/c19-16-4-2-1-3-15(16)18(20,21)17(26)24-13-5-7-14(8-6-13)25-11-12(9-22)10-23-25/h1-8,10-11H,(H,24,26). The molecule has 130 valence electrons. The number of halogens is 3. The van der Waals surface area contributed by atoms with Crippen LogP contribution in [0.25, 0.3) is 5.69 Å². The van der Waals surface area contributed by atoms with Gasteiger partial charge in [0.05, 0.1) is 22.5 Å². The van der Waals surface area contributed by atoms with Crippen LogP contribution in [0.1, 0.15) is 11.1 Å². The van der Waals surface area contributed by atoms with Crippen LogP contribution in [0.2, 0.25) is 5.02 Å². The fraction of sp³-hybridized carbons (Fsp3) is 0.0556. The Morgan fingerprint density at radius 3 is 2.50 bits per heavy atom. The van der Waals surface area contributed by atoms with Crippen LogP contribution in [0, 0.1) is 11.3 Å². The number of nitrogens with zero attached hydrogens (tertiary/aromatic N) is 3. The van der Waals surface area contributed by atoms with Crippen molar-refractivity contribution in [3.8, 4) is 11.8 Å². The zero-order valence-corrected chi connectivity index (χ0v) is 13.9. The van der Waals surface area contributed by atoms with E-state index in [0.717, 1.165) is 6.07 Å². The summed E-state index contributed by atoms with van der Waals surface area (Å²) in [5.41, 5.74) is 0.638. The molecule has 3 aromatic rings. The first-order valence-electron chi connectivity index (χ1n) is 7.41. The molecule has 0 aliphatic rings. The van der Waals surface area contributed by atoms with Crippen molar-refractivity contribution >= 4 is 23.2 Å². The van der Waals surface area contributed by atoms with Gasteiger partial charge < -0.3 is 5.32 Å². The van der Waals surface area contributed by atoms with Crippen LogP contribution in [0.5, 0.6) is 0 Å². The van der Waals surface area contributed by atoms with E-state index in [-0.39, 0.29) is 10.7 Å². The Labute approximate surface area is 152 Å². The Balaban J connectivity index is 1.77. The molecule has 0 fully saturated rings. The fourth-order valence-electron chi connectivity index (χ4n) is 2.27. The summed E-state index contributed by atoms with van der Waals surface area (Å²) in [5.74, 6) is -5.26. The van der Waals surface area contributed by atoms with Crippen molar-refractivity contribution in [3.05, 3.63) is 77.1 Å². The van der Waals surface area contributed by atoms with E-state index in [1.165, 1.54) is 47.4 Å². The molecule has 1 heterocycles. The van der Waals surface area contributed by atoms with Gasteiger partial charge in [-0.1, -0.05) is 29.8 Å². The third-order valence-electron chi connectivity index (χ3n) is 3.60. The number of amides is 1. The number of anilines is 1. The molecule has 0 radical (unpaired) electrons. The predicted octanol–water partition coefficient (Wildman–Crippen LogP) is 4.13. The van der Waals surface area contributed by atoms with Crippen LogP contribution in [0.4, 0.5) is 14.5 Å². The highest BCUT2D eigenvalue weighted by Crippen LogP contribution is 2.34. The molecule has 2 aromatic carbocycles. The van der Waals surface area contributed by atoms with Gasteiger partial charge in [-0.3, -0.25) is 4.79 Å². The summed E-state index contributed by atoms with van der Waals surface area (Å²) < 4.78 is 30.1. The lowest BCUT2D eigenvalue weighted by Gasteiger charge is -2.17. The normalized spacial score (nSPS) is 11.0. The molecule has 3 rings (SSSR count). The molecule has 0 spiro atoms. The van der Waals surface area contributed by atoms with Gasteiger partial charge in [0.1, 0.15) is 6.07 Å². The quantitative estimate of drug-likeness (QED) is 0.748. The van der Waals surface area contributed by atoms with Gasteiger partial charge in [0.25, 0.3) is 5.91 Å². The average molecular weight is 373 g/mol. The van der Waals surface area contributed by atoms with E-state index in [1.54, 1.807) is 12.1 Å². The van der Waals surface area contributed by atoms with Crippen molar-refractivity contribution in [1.82, 2.24) is 9.78 Å². The van der Waals surface area contributed by atoms with Crippen LogP contribution in [0.3, 0.4) is 0 Å². The highest BCUT2D eigenvalue weighted by atomic mass is 35.5. The molecule has 0 bridgehead atoms. The van der Waals surface area contributed by atoms with Crippen molar-refractivity contribution in [1.29, 1.82) is 5.26 Å². The maximum absolute atomic E-state index is 14.3. The lowest BCUT2D eigenvalue weighted by Crippen LogP contribution is -2.32. The van der Waals surface area contributed by atoms with Gasteiger partial charge in [-0.25, -0.2) is 4.68 Å². The van der Waals surface area contributed by atoms with Crippen LogP contribution in [-0.2, 0) is 10.7 Å². The van der Waals surface area contributed by atoms with Crippen LogP contribution in [-0.4, -0.2) is 15.7 Å². The van der Waals surface area contributed by atoms with E-state index in [0.29, 0.717) is 11.3 Å². The van der Waals surface area contributed by atoms with Crippen molar-refractivity contribution in [3.63, 3.8) is 0 Å². The lowest BCUT2D eigenvalue weighted by molar-refractivity contribution is -0.140. The number of rotatable bonds is 4. The highest BCUT2D eigenvalue weighted by Gasteiger charge is 2.42. The lowest BCUT2D eigenvalue weighted by atomic mass is 10.1. The number of hydrogen-bond donors (Lipinski definition) is 1. The maximum Gasteiger partial charge on any atom is 0.351 e.